The Morgan fingerprint density at radius 3 is 2.75 bits per heavy atom. The number of likely N-dealkylation sites (tertiary alicyclic amines) is 1. The van der Waals surface area contributed by atoms with Crippen LogP contribution in [-0.4, -0.2) is 55.5 Å². The van der Waals surface area contributed by atoms with Crippen molar-refractivity contribution in [2.75, 3.05) is 33.7 Å². The summed E-state index contributed by atoms with van der Waals surface area (Å²) in [7, 11) is 4.19. The van der Waals surface area contributed by atoms with Crippen LogP contribution in [-0.2, 0) is 9.63 Å². The number of hydrogen-bond donors (Lipinski definition) is 2. The molecule has 1 aliphatic rings. The summed E-state index contributed by atoms with van der Waals surface area (Å²) in [6, 6.07) is 0.579. The van der Waals surface area contributed by atoms with Crippen LogP contribution in [0.3, 0.4) is 0 Å². The average Bonchev–Trinajstić information content (AvgIpc) is 2.27. The molecule has 1 saturated heterocycles. The number of carbonyl (C=O) groups excluding carboxylic acids is 1. The van der Waals surface area contributed by atoms with E-state index in [-0.39, 0.29) is 5.97 Å². The molecule has 1 fully saturated rings. The molecule has 6 nitrogen and oxygen atoms in total. The van der Waals surface area contributed by atoms with Crippen molar-refractivity contribution < 1.29 is 9.63 Å². The molecule has 0 saturated carbocycles. The zero-order valence-corrected chi connectivity index (χ0v) is 10.1. The maximum atomic E-state index is 11.1. The number of carbonyl (C=O) groups is 1. The van der Waals surface area contributed by atoms with Gasteiger partial charge in [0, 0.05) is 12.6 Å². The molecule has 0 unspecified atom stereocenters. The average molecular weight is 230 g/mol. The number of nitrogens with two attached hydrogens (primary N) is 1. The number of hydrazine groups is 1. The summed E-state index contributed by atoms with van der Waals surface area (Å²) in [6.45, 7) is 2.97. The van der Waals surface area contributed by atoms with Crippen LogP contribution in [0, 0.1) is 0 Å². The predicted molar refractivity (Wildman–Crippen MR) is 61.2 cm³/mol. The highest BCUT2D eigenvalue weighted by Crippen LogP contribution is 2.14. The van der Waals surface area contributed by atoms with E-state index in [0.717, 1.165) is 32.5 Å². The summed E-state index contributed by atoms with van der Waals surface area (Å²) in [5, 5.41) is 0. The normalized spacial score (nSPS) is 19.0. The zero-order chi connectivity index (χ0) is 12.0. The Labute approximate surface area is 96.6 Å². The molecule has 1 aliphatic heterocycles. The van der Waals surface area contributed by atoms with Crippen molar-refractivity contribution in [3.05, 3.63) is 0 Å². The quantitative estimate of drug-likeness (QED) is 0.482. The minimum atomic E-state index is -0.317. The van der Waals surface area contributed by atoms with Crippen LogP contribution in [0.25, 0.3) is 0 Å². The van der Waals surface area contributed by atoms with Gasteiger partial charge in [0.2, 0.25) is 0 Å². The third kappa shape index (κ3) is 4.44. The van der Waals surface area contributed by atoms with E-state index in [4.69, 9.17) is 5.84 Å². The van der Waals surface area contributed by atoms with E-state index in [1.165, 1.54) is 0 Å². The molecule has 0 aliphatic carbocycles. The van der Waals surface area contributed by atoms with Crippen molar-refractivity contribution in [2.45, 2.75) is 25.3 Å². The molecule has 3 N–H and O–H groups in total. The first kappa shape index (κ1) is 13.4. The van der Waals surface area contributed by atoms with Crippen molar-refractivity contribution in [1.29, 1.82) is 0 Å². The molecule has 0 spiro atoms. The van der Waals surface area contributed by atoms with Gasteiger partial charge in [-0.25, -0.2) is 5.84 Å². The lowest BCUT2D eigenvalue weighted by Crippen LogP contribution is -2.42. The van der Waals surface area contributed by atoms with Crippen molar-refractivity contribution >= 4 is 5.97 Å². The highest BCUT2D eigenvalue weighted by Gasteiger charge is 2.20. The predicted octanol–water partition coefficient (Wildman–Crippen LogP) is -0.676. The molecule has 0 atom stereocenters. The van der Waals surface area contributed by atoms with E-state index in [2.05, 4.69) is 28.7 Å². The first-order chi connectivity index (χ1) is 7.63. The molecule has 0 aromatic heterocycles. The van der Waals surface area contributed by atoms with Crippen molar-refractivity contribution in [3.8, 4) is 0 Å². The van der Waals surface area contributed by atoms with E-state index in [9.17, 15) is 4.79 Å². The zero-order valence-electron chi connectivity index (χ0n) is 10.1. The molecule has 94 valence electrons. The van der Waals surface area contributed by atoms with Crippen LogP contribution in [0.15, 0.2) is 0 Å². The number of rotatable bonds is 5. The van der Waals surface area contributed by atoms with Crippen LogP contribution in [0.2, 0.25) is 0 Å². The lowest BCUT2D eigenvalue weighted by molar-refractivity contribution is -0.151. The van der Waals surface area contributed by atoms with Gasteiger partial charge in [-0.05, 0) is 40.0 Å². The highest BCUT2D eigenvalue weighted by atomic mass is 16.7. The Morgan fingerprint density at radius 2 is 2.19 bits per heavy atom. The largest absolute Gasteiger partial charge is 0.356 e. The third-order valence-electron chi connectivity index (χ3n) is 3.15. The number of nitrogens with zero attached hydrogens (tertiary/aromatic N) is 2. The van der Waals surface area contributed by atoms with Gasteiger partial charge in [0.05, 0.1) is 6.42 Å². The van der Waals surface area contributed by atoms with Crippen LogP contribution >= 0.6 is 0 Å². The van der Waals surface area contributed by atoms with Gasteiger partial charge in [0.15, 0.2) is 0 Å². The molecular weight excluding hydrogens is 208 g/mol. The molecule has 0 radical (unpaired) electrons. The molecule has 1 heterocycles. The molecule has 0 aromatic carbocycles. The molecule has 0 amide bonds. The van der Waals surface area contributed by atoms with Crippen LogP contribution < -0.4 is 11.4 Å². The standard InChI is InChI=1S/C10H22N4O2/c1-13-6-3-9(4-7-13)14(2)8-5-10(15)16-12-11/h9,12H,3-8,11H2,1-2H3. The number of piperidine rings is 1. The van der Waals surface area contributed by atoms with E-state index in [0.29, 0.717) is 12.5 Å². The lowest BCUT2D eigenvalue weighted by atomic mass is 10.0. The molecule has 0 bridgehead atoms. The molecule has 0 aromatic rings. The van der Waals surface area contributed by atoms with Crippen molar-refractivity contribution in [2.24, 2.45) is 5.84 Å². The van der Waals surface area contributed by atoms with Gasteiger partial charge in [-0.15, -0.1) is 0 Å². The second-order valence-electron chi connectivity index (χ2n) is 4.36. The van der Waals surface area contributed by atoms with Crippen molar-refractivity contribution in [1.82, 2.24) is 15.4 Å². The lowest BCUT2D eigenvalue weighted by Gasteiger charge is -2.34. The topological polar surface area (TPSA) is 70.8 Å². The second kappa shape index (κ2) is 6.80. The Balaban J connectivity index is 2.19. The first-order valence-electron chi connectivity index (χ1n) is 5.67. The van der Waals surface area contributed by atoms with E-state index < -0.39 is 0 Å². The van der Waals surface area contributed by atoms with Crippen LogP contribution in [0.5, 0.6) is 0 Å². The Bertz CT molecular complexity index is 217. The van der Waals surface area contributed by atoms with Gasteiger partial charge in [-0.1, -0.05) is 5.59 Å². The maximum Gasteiger partial charge on any atom is 0.327 e. The number of nitrogens with one attached hydrogen (secondary N) is 1. The summed E-state index contributed by atoms with van der Waals surface area (Å²) in [5.41, 5.74) is 1.90. The van der Waals surface area contributed by atoms with Gasteiger partial charge in [-0.2, -0.15) is 0 Å². The second-order valence-corrected chi connectivity index (χ2v) is 4.36. The molecule has 6 heteroatoms. The Hall–Kier alpha value is -0.690. The number of hydrogen-bond acceptors (Lipinski definition) is 6. The van der Waals surface area contributed by atoms with Gasteiger partial charge in [0.25, 0.3) is 0 Å². The summed E-state index contributed by atoms with van der Waals surface area (Å²) >= 11 is 0. The third-order valence-corrected chi connectivity index (χ3v) is 3.15. The monoisotopic (exact) mass is 230 g/mol. The fraction of sp³-hybridized carbons (Fsp3) is 0.900. The Kier molecular flexibility index (Phi) is 5.68. The molecule has 16 heavy (non-hydrogen) atoms. The first-order valence-corrected chi connectivity index (χ1v) is 5.67. The highest BCUT2D eigenvalue weighted by molar-refractivity contribution is 5.69. The minimum Gasteiger partial charge on any atom is -0.356 e. The fourth-order valence-corrected chi connectivity index (χ4v) is 2.00. The SMILES string of the molecule is CN1CCC(N(C)CCC(=O)ONN)CC1. The summed E-state index contributed by atoms with van der Waals surface area (Å²) in [5.74, 6) is 4.56. The smallest absolute Gasteiger partial charge is 0.327 e. The van der Waals surface area contributed by atoms with Gasteiger partial charge in [-0.3, -0.25) is 4.79 Å². The summed E-state index contributed by atoms with van der Waals surface area (Å²) in [6.07, 6.45) is 2.70. The summed E-state index contributed by atoms with van der Waals surface area (Å²) < 4.78 is 0. The van der Waals surface area contributed by atoms with Crippen molar-refractivity contribution in [3.63, 3.8) is 0 Å². The van der Waals surface area contributed by atoms with Gasteiger partial charge < -0.3 is 14.6 Å². The van der Waals surface area contributed by atoms with Crippen LogP contribution in [0.4, 0.5) is 0 Å². The summed E-state index contributed by atoms with van der Waals surface area (Å²) in [4.78, 5) is 20.1. The Morgan fingerprint density at radius 1 is 1.56 bits per heavy atom. The van der Waals surface area contributed by atoms with Crippen LogP contribution in [0.1, 0.15) is 19.3 Å². The molecule has 1 rings (SSSR count). The fourth-order valence-electron chi connectivity index (χ4n) is 2.00. The maximum absolute atomic E-state index is 11.1. The van der Waals surface area contributed by atoms with E-state index in [1.54, 1.807) is 0 Å². The minimum absolute atomic E-state index is 0.317. The van der Waals surface area contributed by atoms with Gasteiger partial charge in [0.1, 0.15) is 0 Å². The van der Waals surface area contributed by atoms with Gasteiger partial charge >= 0.3 is 5.97 Å². The molecular formula is C10H22N4O2. The van der Waals surface area contributed by atoms with E-state index >= 15 is 0 Å². The van der Waals surface area contributed by atoms with E-state index in [1.807, 2.05) is 5.59 Å².